The van der Waals surface area contributed by atoms with Crippen LogP contribution < -0.4 is 0 Å². The van der Waals surface area contributed by atoms with E-state index in [1.54, 1.807) is 0 Å². The summed E-state index contributed by atoms with van der Waals surface area (Å²) in [5.74, 6) is 1.74. The lowest BCUT2D eigenvalue weighted by atomic mass is 9.89. The maximum Gasteiger partial charge on any atom is 0.132 e. The van der Waals surface area contributed by atoms with Crippen LogP contribution in [0.3, 0.4) is 0 Å². The van der Waals surface area contributed by atoms with Gasteiger partial charge < -0.3 is 4.57 Å². The molecule has 3 rings (SSSR count). The van der Waals surface area contributed by atoms with E-state index < -0.39 is 0 Å². The van der Waals surface area contributed by atoms with Crippen LogP contribution in [-0.2, 0) is 13.0 Å². The van der Waals surface area contributed by atoms with Crippen molar-refractivity contribution in [2.24, 2.45) is 0 Å². The minimum atomic E-state index is 0.615. The highest BCUT2D eigenvalue weighted by Gasteiger charge is 2.21. The summed E-state index contributed by atoms with van der Waals surface area (Å²) in [6, 6.07) is 8.67. The molecule has 0 aliphatic carbocycles. The molecule has 1 aliphatic heterocycles. The first-order valence-electron chi connectivity index (χ1n) is 5.77. The lowest BCUT2D eigenvalue weighted by Gasteiger charge is -2.24. The van der Waals surface area contributed by atoms with E-state index in [0.29, 0.717) is 5.92 Å². The fraction of sp³-hybridized carbons (Fsp3) is 0.385. The molecule has 0 saturated carbocycles. The highest BCUT2D eigenvalue weighted by molar-refractivity contribution is 5.29. The lowest BCUT2D eigenvalue weighted by molar-refractivity contribution is 0.455. The van der Waals surface area contributed by atoms with Gasteiger partial charge in [0.05, 0.1) is 0 Å². The summed E-state index contributed by atoms with van der Waals surface area (Å²) in [6.45, 7) is 3.21. The van der Waals surface area contributed by atoms with Gasteiger partial charge in [-0.05, 0) is 24.5 Å². The predicted molar refractivity (Wildman–Crippen MR) is 62.3 cm³/mol. The molecule has 3 heteroatoms. The van der Waals surface area contributed by atoms with Crippen molar-refractivity contribution in [1.82, 2.24) is 14.8 Å². The van der Waals surface area contributed by atoms with Crippen molar-refractivity contribution < 1.29 is 0 Å². The van der Waals surface area contributed by atoms with Crippen LogP contribution in [0.5, 0.6) is 0 Å². The van der Waals surface area contributed by atoms with Crippen molar-refractivity contribution in [3.05, 3.63) is 47.5 Å². The minimum Gasteiger partial charge on any atom is -0.317 e. The molecule has 0 fully saturated rings. The molecule has 1 aromatic heterocycles. The molecule has 1 atom stereocenters. The van der Waals surface area contributed by atoms with Gasteiger partial charge in [-0.25, -0.2) is 0 Å². The fourth-order valence-corrected chi connectivity index (χ4v) is 2.56. The van der Waals surface area contributed by atoms with Gasteiger partial charge in [0, 0.05) is 18.9 Å². The van der Waals surface area contributed by atoms with Crippen LogP contribution in [0.1, 0.15) is 29.3 Å². The van der Waals surface area contributed by atoms with E-state index in [4.69, 9.17) is 0 Å². The Labute approximate surface area is 95.1 Å². The first-order chi connectivity index (χ1) is 7.84. The summed E-state index contributed by atoms with van der Waals surface area (Å²) >= 11 is 0. The molecule has 0 saturated heterocycles. The molecule has 1 aliphatic rings. The third-order valence-corrected chi connectivity index (χ3v) is 3.46. The van der Waals surface area contributed by atoms with Crippen molar-refractivity contribution in [1.29, 1.82) is 0 Å². The van der Waals surface area contributed by atoms with Crippen molar-refractivity contribution in [2.75, 3.05) is 0 Å². The predicted octanol–water partition coefficient (Wildman–Crippen LogP) is 2.32. The highest BCUT2D eigenvalue weighted by Crippen LogP contribution is 2.29. The first kappa shape index (κ1) is 9.58. The average Bonchev–Trinajstić information content (AvgIpc) is 2.76. The van der Waals surface area contributed by atoms with Crippen molar-refractivity contribution in [2.45, 2.75) is 32.2 Å². The van der Waals surface area contributed by atoms with Gasteiger partial charge in [-0.15, -0.1) is 10.2 Å². The topological polar surface area (TPSA) is 30.7 Å². The summed E-state index contributed by atoms with van der Waals surface area (Å²) in [7, 11) is 0. The quantitative estimate of drug-likeness (QED) is 0.727. The van der Waals surface area contributed by atoms with Gasteiger partial charge in [-0.3, -0.25) is 0 Å². The van der Waals surface area contributed by atoms with Gasteiger partial charge in [-0.1, -0.05) is 24.3 Å². The molecule has 16 heavy (non-hydrogen) atoms. The Hall–Kier alpha value is -1.64. The van der Waals surface area contributed by atoms with Crippen molar-refractivity contribution in [3.63, 3.8) is 0 Å². The number of rotatable bonds is 1. The second-order valence-corrected chi connectivity index (χ2v) is 4.49. The summed E-state index contributed by atoms with van der Waals surface area (Å²) in [6.07, 6.45) is 4.07. The number of aromatic nitrogens is 3. The van der Waals surface area contributed by atoms with Gasteiger partial charge >= 0.3 is 0 Å². The lowest BCUT2D eigenvalue weighted by Crippen LogP contribution is -2.19. The van der Waals surface area contributed by atoms with E-state index in [0.717, 1.165) is 18.8 Å². The van der Waals surface area contributed by atoms with Crippen LogP contribution in [0.4, 0.5) is 0 Å². The van der Waals surface area contributed by atoms with Crippen molar-refractivity contribution >= 4 is 0 Å². The van der Waals surface area contributed by atoms with Crippen LogP contribution in [-0.4, -0.2) is 14.8 Å². The van der Waals surface area contributed by atoms with Crippen LogP contribution in [0.2, 0.25) is 0 Å². The molecule has 0 spiro atoms. The van der Waals surface area contributed by atoms with E-state index >= 15 is 0 Å². The Morgan fingerprint density at radius 2 is 2.19 bits per heavy atom. The van der Waals surface area contributed by atoms with E-state index in [1.807, 2.05) is 6.33 Å². The minimum absolute atomic E-state index is 0.615. The molecular weight excluding hydrogens is 198 g/mol. The van der Waals surface area contributed by atoms with E-state index in [-0.39, 0.29) is 0 Å². The maximum absolute atomic E-state index is 4.12. The van der Waals surface area contributed by atoms with Crippen LogP contribution in [0.25, 0.3) is 0 Å². The zero-order chi connectivity index (χ0) is 11.0. The molecule has 2 aromatic rings. The Bertz CT molecular complexity index is 501. The zero-order valence-electron chi connectivity index (χ0n) is 9.43. The Kier molecular flexibility index (Phi) is 2.24. The molecule has 1 unspecified atom stereocenters. The molecular formula is C13H15N3. The third kappa shape index (κ3) is 1.52. The smallest absolute Gasteiger partial charge is 0.132 e. The molecule has 1 aromatic carbocycles. The van der Waals surface area contributed by atoms with E-state index in [1.165, 1.54) is 17.5 Å². The number of hydrogen-bond donors (Lipinski definition) is 0. The molecule has 0 N–H and O–H groups in total. The second-order valence-electron chi connectivity index (χ2n) is 4.49. The van der Waals surface area contributed by atoms with Crippen LogP contribution in [0, 0.1) is 6.92 Å². The fourth-order valence-electron chi connectivity index (χ4n) is 2.56. The second kappa shape index (κ2) is 3.74. The number of nitrogens with zero attached hydrogens (tertiary/aromatic N) is 3. The molecule has 2 heterocycles. The van der Waals surface area contributed by atoms with Crippen LogP contribution in [0.15, 0.2) is 30.6 Å². The van der Waals surface area contributed by atoms with Gasteiger partial charge in [0.2, 0.25) is 0 Å². The summed E-state index contributed by atoms with van der Waals surface area (Å²) in [4.78, 5) is 0. The summed E-state index contributed by atoms with van der Waals surface area (Å²) in [5.41, 5.74) is 2.87. The third-order valence-electron chi connectivity index (χ3n) is 3.46. The van der Waals surface area contributed by atoms with Crippen LogP contribution >= 0.6 is 0 Å². The van der Waals surface area contributed by atoms with Gasteiger partial charge in [-0.2, -0.15) is 0 Å². The maximum atomic E-state index is 4.12. The normalized spacial score (nSPS) is 19.4. The number of aryl methyl sites for hydroxylation is 2. The Morgan fingerprint density at radius 1 is 1.31 bits per heavy atom. The largest absolute Gasteiger partial charge is 0.317 e. The number of fused-ring (bicyclic) bond motifs is 1. The van der Waals surface area contributed by atoms with Gasteiger partial charge in [0.15, 0.2) is 0 Å². The summed E-state index contributed by atoms with van der Waals surface area (Å²) < 4.78 is 2.18. The number of benzene rings is 1. The Balaban J connectivity index is 1.92. The highest BCUT2D eigenvalue weighted by atomic mass is 15.3. The van der Waals surface area contributed by atoms with Crippen molar-refractivity contribution in [3.8, 4) is 0 Å². The van der Waals surface area contributed by atoms with E-state index in [2.05, 4.69) is 46.0 Å². The molecule has 3 nitrogen and oxygen atoms in total. The monoisotopic (exact) mass is 213 g/mol. The zero-order valence-corrected chi connectivity index (χ0v) is 9.43. The van der Waals surface area contributed by atoms with E-state index in [9.17, 15) is 0 Å². The average molecular weight is 213 g/mol. The standard InChI is InChI=1S/C13H15N3/c1-10-4-2-3-5-12(10)11-6-7-13-15-14-9-16(13)8-11/h2-5,9,11H,6-8H2,1H3. The molecule has 0 radical (unpaired) electrons. The molecule has 82 valence electrons. The Morgan fingerprint density at radius 3 is 3.06 bits per heavy atom. The SMILES string of the molecule is Cc1ccccc1C1CCc2nncn2C1. The van der Waals surface area contributed by atoms with Gasteiger partial charge in [0.25, 0.3) is 0 Å². The molecule has 0 bridgehead atoms. The summed E-state index contributed by atoms with van der Waals surface area (Å²) in [5, 5.41) is 8.09. The van der Waals surface area contributed by atoms with Gasteiger partial charge in [0.1, 0.15) is 12.2 Å². The molecule has 0 amide bonds. The first-order valence-corrected chi connectivity index (χ1v) is 5.77. The number of hydrogen-bond acceptors (Lipinski definition) is 2.